The monoisotopic (exact) mass is 310 g/mol. The molecule has 0 atom stereocenters. The molecule has 2 saturated heterocycles. The highest BCUT2D eigenvalue weighted by molar-refractivity contribution is 4.56. The van der Waals surface area contributed by atoms with Gasteiger partial charge in [0, 0.05) is 0 Å². The van der Waals surface area contributed by atoms with Crippen molar-refractivity contribution in [3.05, 3.63) is 0 Å². The molecule has 0 aromatic carbocycles. The van der Waals surface area contributed by atoms with Crippen LogP contribution in [0.15, 0.2) is 0 Å². The van der Waals surface area contributed by atoms with Gasteiger partial charge in [0.2, 0.25) is 0 Å². The van der Waals surface area contributed by atoms with Crippen molar-refractivity contribution in [3.63, 3.8) is 0 Å². The van der Waals surface area contributed by atoms with Crippen molar-refractivity contribution < 1.29 is 8.97 Å². The number of hydrogen-bond acceptors (Lipinski definition) is 0. The minimum Gasteiger partial charge on any atom is -0.324 e. The summed E-state index contributed by atoms with van der Waals surface area (Å²) in [6.45, 7) is 16.4. The van der Waals surface area contributed by atoms with Crippen LogP contribution in [-0.4, -0.2) is 61.3 Å². The summed E-state index contributed by atoms with van der Waals surface area (Å²) in [6.07, 6.45) is 14.8. The first kappa shape index (κ1) is 18.3. The first-order valence-electron chi connectivity index (χ1n) is 10.4. The van der Waals surface area contributed by atoms with Crippen molar-refractivity contribution in [1.29, 1.82) is 0 Å². The summed E-state index contributed by atoms with van der Waals surface area (Å²) in [5.74, 6) is 0. The third-order valence-corrected chi connectivity index (χ3v) is 6.89. The quantitative estimate of drug-likeness (QED) is 0.432. The molecule has 0 bridgehead atoms. The van der Waals surface area contributed by atoms with Gasteiger partial charge in [0.25, 0.3) is 0 Å². The van der Waals surface area contributed by atoms with E-state index >= 15 is 0 Å². The predicted molar refractivity (Wildman–Crippen MR) is 97.0 cm³/mol. The van der Waals surface area contributed by atoms with Crippen LogP contribution in [0.25, 0.3) is 0 Å². The van der Waals surface area contributed by atoms with E-state index in [1.807, 2.05) is 0 Å². The lowest BCUT2D eigenvalue weighted by Gasteiger charge is -2.41. The van der Waals surface area contributed by atoms with Crippen LogP contribution in [-0.2, 0) is 0 Å². The van der Waals surface area contributed by atoms with Crippen molar-refractivity contribution in [1.82, 2.24) is 0 Å². The van der Waals surface area contributed by atoms with Crippen LogP contribution in [0.3, 0.4) is 0 Å². The van der Waals surface area contributed by atoms with Gasteiger partial charge < -0.3 is 8.97 Å². The van der Waals surface area contributed by atoms with Crippen LogP contribution in [0.4, 0.5) is 0 Å². The molecule has 0 amide bonds. The molecule has 2 heterocycles. The second-order valence-electron chi connectivity index (χ2n) is 8.19. The highest BCUT2D eigenvalue weighted by Crippen LogP contribution is 2.22. The lowest BCUT2D eigenvalue weighted by atomic mass is 10.0. The van der Waals surface area contributed by atoms with Crippen molar-refractivity contribution >= 4 is 0 Å². The van der Waals surface area contributed by atoms with E-state index in [2.05, 4.69) is 13.8 Å². The van der Waals surface area contributed by atoms with E-state index in [1.165, 1.54) is 126 Å². The summed E-state index contributed by atoms with van der Waals surface area (Å²) in [7, 11) is 0. The standard InChI is InChI=1S/C20H42N2/c1-3-21(17-11-7-12-18-21)15-9-5-6-10-16-22(4-2)19-13-8-14-20-22/h3-20H2,1-2H3/q+2. The largest absolute Gasteiger partial charge is 0.324 e. The van der Waals surface area contributed by atoms with Gasteiger partial charge in [-0.25, -0.2) is 0 Å². The third kappa shape index (κ3) is 5.23. The minimum absolute atomic E-state index is 1.37. The van der Waals surface area contributed by atoms with Crippen LogP contribution in [0, 0.1) is 0 Å². The van der Waals surface area contributed by atoms with E-state index in [1.54, 1.807) is 0 Å². The van der Waals surface area contributed by atoms with Gasteiger partial charge >= 0.3 is 0 Å². The second kappa shape index (κ2) is 9.27. The third-order valence-electron chi connectivity index (χ3n) is 6.89. The molecule has 0 aromatic heterocycles. The molecular formula is C20H42N2+2. The number of quaternary nitrogens is 2. The predicted octanol–water partition coefficient (Wildman–Crippen LogP) is 4.59. The average molecular weight is 311 g/mol. The molecule has 2 nitrogen and oxygen atoms in total. The topological polar surface area (TPSA) is 0 Å². The van der Waals surface area contributed by atoms with E-state index in [9.17, 15) is 0 Å². The van der Waals surface area contributed by atoms with Crippen LogP contribution in [0.5, 0.6) is 0 Å². The van der Waals surface area contributed by atoms with Gasteiger partial charge in [0.15, 0.2) is 0 Å². The van der Waals surface area contributed by atoms with Crippen LogP contribution in [0.1, 0.15) is 78.1 Å². The summed E-state index contributed by atoms with van der Waals surface area (Å²) < 4.78 is 2.88. The molecule has 2 heteroatoms. The molecule has 2 aliphatic rings. The maximum absolute atomic E-state index is 2.41. The van der Waals surface area contributed by atoms with Crippen molar-refractivity contribution in [3.8, 4) is 0 Å². The summed E-state index contributed by atoms with van der Waals surface area (Å²) in [4.78, 5) is 0. The highest BCUT2D eigenvalue weighted by Gasteiger charge is 2.28. The average Bonchev–Trinajstić information content (AvgIpc) is 2.59. The summed E-state index contributed by atoms with van der Waals surface area (Å²) in [5.41, 5.74) is 0. The molecule has 2 aliphatic heterocycles. The molecule has 22 heavy (non-hydrogen) atoms. The molecule has 0 radical (unpaired) electrons. The molecule has 0 spiro atoms. The lowest BCUT2D eigenvalue weighted by molar-refractivity contribution is -0.931. The normalized spacial score (nSPS) is 24.3. The first-order chi connectivity index (χ1) is 10.7. The minimum atomic E-state index is 1.37. The molecule has 0 saturated carbocycles. The van der Waals surface area contributed by atoms with E-state index in [-0.39, 0.29) is 0 Å². The number of likely N-dealkylation sites (tertiary alicyclic amines) is 2. The van der Waals surface area contributed by atoms with Gasteiger partial charge in [-0.1, -0.05) is 0 Å². The maximum Gasteiger partial charge on any atom is 0.0786 e. The number of unbranched alkanes of at least 4 members (excludes halogenated alkanes) is 3. The fraction of sp³-hybridized carbons (Fsp3) is 1.00. The van der Waals surface area contributed by atoms with Gasteiger partial charge in [-0.15, -0.1) is 0 Å². The second-order valence-corrected chi connectivity index (χ2v) is 8.19. The Morgan fingerprint density at radius 1 is 0.500 bits per heavy atom. The number of hydrogen-bond donors (Lipinski definition) is 0. The molecular weight excluding hydrogens is 268 g/mol. The van der Waals surface area contributed by atoms with E-state index in [4.69, 9.17) is 0 Å². The molecule has 2 rings (SSSR count). The first-order valence-corrected chi connectivity index (χ1v) is 10.4. The highest BCUT2D eigenvalue weighted by atomic mass is 15.4. The Balaban J connectivity index is 1.58. The Morgan fingerprint density at radius 3 is 1.18 bits per heavy atom. The van der Waals surface area contributed by atoms with E-state index in [0.717, 1.165) is 0 Å². The molecule has 2 fully saturated rings. The smallest absolute Gasteiger partial charge is 0.0786 e. The molecule has 0 aromatic rings. The number of piperidine rings is 2. The summed E-state index contributed by atoms with van der Waals surface area (Å²) >= 11 is 0. The number of nitrogens with zero attached hydrogens (tertiary/aromatic N) is 2. The fourth-order valence-electron chi connectivity index (χ4n) is 5.01. The van der Waals surface area contributed by atoms with Gasteiger partial charge in [-0.2, -0.15) is 0 Å². The number of rotatable bonds is 9. The van der Waals surface area contributed by atoms with Gasteiger partial charge in [0.05, 0.1) is 52.4 Å². The molecule has 0 N–H and O–H groups in total. The van der Waals surface area contributed by atoms with Gasteiger partial charge in [-0.3, -0.25) is 0 Å². The van der Waals surface area contributed by atoms with Gasteiger partial charge in [0.1, 0.15) is 0 Å². The molecule has 130 valence electrons. The van der Waals surface area contributed by atoms with Crippen molar-refractivity contribution in [2.24, 2.45) is 0 Å². The summed E-state index contributed by atoms with van der Waals surface area (Å²) in [6, 6.07) is 0. The lowest BCUT2D eigenvalue weighted by Crippen LogP contribution is -2.52. The Labute approximate surface area is 140 Å². The zero-order valence-electron chi connectivity index (χ0n) is 15.6. The Morgan fingerprint density at radius 2 is 0.864 bits per heavy atom. The van der Waals surface area contributed by atoms with Crippen molar-refractivity contribution in [2.45, 2.75) is 78.1 Å². The molecule has 0 aliphatic carbocycles. The van der Waals surface area contributed by atoms with Crippen LogP contribution < -0.4 is 0 Å². The fourth-order valence-corrected chi connectivity index (χ4v) is 5.01. The van der Waals surface area contributed by atoms with E-state index in [0.29, 0.717) is 0 Å². The van der Waals surface area contributed by atoms with Gasteiger partial charge in [-0.05, 0) is 78.1 Å². The molecule has 0 unspecified atom stereocenters. The van der Waals surface area contributed by atoms with Crippen molar-refractivity contribution in [2.75, 3.05) is 52.4 Å². The maximum atomic E-state index is 2.41. The Bertz CT molecular complexity index is 258. The zero-order chi connectivity index (χ0) is 15.7. The summed E-state index contributed by atoms with van der Waals surface area (Å²) in [5, 5.41) is 0. The van der Waals surface area contributed by atoms with E-state index < -0.39 is 0 Å². The zero-order valence-corrected chi connectivity index (χ0v) is 15.6. The van der Waals surface area contributed by atoms with Crippen LogP contribution >= 0.6 is 0 Å². The Kier molecular flexibility index (Phi) is 7.70. The Hall–Kier alpha value is -0.0800. The van der Waals surface area contributed by atoms with Crippen LogP contribution in [0.2, 0.25) is 0 Å². The SMILES string of the molecule is CC[N+]1(CCCCCC[N+]2(CC)CCCCC2)CCCCC1.